The van der Waals surface area contributed by atoms with Gasteiger partial charge in [0.05, 0.1) is 28.0 Å². The van der Waals surface area contributed by atoms with Gasteiger partial charge in [-0.05, 0) is 24.3 Å². The number of hydrogen-bond acceptors (Lipinski definition) is 10. The third kappa shape index (κ3) is 4.19. The summed E-state index contributed by atoms with van der Waals surface area (Å²) in [5.41, 5.74) is 6.43. The first-order valence-corrected chi connectivity index (χ1v) is 9.57. The van der Waals surface area contributed by atoms with Crippen LogP contribution in [-0.4, -0.2) is 41.9 Å². The van der Waals surface area contributed by atoms with Gasteiger partial charge in [-0.25, -0.2) is 4.99 Å². The van der Waals surface area contributed by atoms with Gasteiger partial charge in [0.1, 0.15) is 0 Å². The van der Waals surface area contributed by atoms with Crippen LogP contribution in [0, 0.1) is 20.2 Å². The minimum atomic E-state index is -0.723. The van der Waals surface area contributed by atoms with Gasteiger partial charge < -0.3 is 5.73 Å². The van der Waals surface area contributed by atoms with Crippen LogP contribution in [0.15, 0.2) is 53.5 Å². The molecule has 2 heterocycles. The van der Waals surface area contributed by atoms with Crippen molar-refractivity contribution in [3.8, 4) is 0 Å². The van der Waals surface area contributed by atoms with Gasteiger partial charge in [-0.15, -0.1) is 10.2 Å². The highest BCUT2D eigenvalue weighted by Gasteiger charge is 2.33. The number of nitro benzene ring substituents is 2. The fraction of sp³-hybridized carbons (Fsp3) is 0.150. The highest BCUT2D eigenvalue weighted by molar-refractivity contribution is 6.13. The summed E-state index contributed by atoms with van der Waals surface area (Å²) in [7, 11) is 0. The average Bonchev–Trinajstić information content (AvgIpc) is 3.33. The summed E-state index contributed by atoms with van der Waals surface area (Å²) in [5.74, 6) is -0.520. The van der Waals surface area contributed by atoms with Crippen LogP contribution in [-0.2, 0) is 0 Å². The van der Waals surface area contributed by atoms with Gasteiger partial charge in [0, 0.05) is 41.8 Å². The number of nitrogens with two attached hydrogens (primary N) is 1. The monoisotopic (exact) mass is 449 g/mol. The summed E-state index contributed by atoms with van der Waals surface area (Å²) >= 11 is 0. The van der Waals surface area contributed by atoms with Gasteiger partial charge >= 0.3 is 0 Å². The maximum absolute atomic E-state index is 12.9. The van der Waals surface area contributed by atoms with E-state index in [1.54, 1.807) is 0 Å². The largest absolute Gasteiger partial charge is 0.368 e. The van der Waals surface area contributed by atoms with Crippen molar-refractivity contribution in [3.05, 3.63) is 79.9 Å². The molecular weight excluding hydrogens is 434 g/mol. The molecule has 13 heteroatoms. The fourth-order valence-corrected chi connectivity index (χ4v) is 3.49. The lowest BCUT2D eigenvalue weighted by Crippen LogP contribution is -2.22. The Hall–Kier alpha value is -4.81. The Bertz CT molecular complexity index is 1310. The first kappa shape index (κ1) is 21.4. The third-order valence-corrected chi connectivity index (χ3v) is 5.16. The summed E-state index contributed by atoms with van der Waals surface area (Å²) in [6.07, 6.45) is -0.293. The summed E-state index contributed by atoms with van der Waals surface area (Å²) in [6.45, 7) is 0. The molecule has 0 saturated carbocycles. The normalized spacial score (nSPS) is 14.4. The molecule has 0 radical (unpaired) electrons. The van der Waals surface area contributed by atoms with Gasteiger partial charge in [-0.1, -0.05) is 0 Å². The first-order valence-electron chi connectivity index (χ1n) is 9.57. The highest BCUT2D eigenvalue weighted by atomic mass is 16.6. The molecule has 1 atom stereocenters. The highest BCUT2D eigenvalue weighted by Crippen LogP contribution is 2.34. The molecule has 1 unspecified atom stereocenters. The van der Waals surface area contributed by atoms with Crippen molar-refractivity contribution in [3.63, 3.8) is 0 Å². The number of rotatable bonds is 8. The number of fused-ring (bicyclic) bond motifs is 1. The predicted molar refractivity (Wildman–Crippen MR) is 115 cm³/mol. The second-order valence-corrected chi connectivity index (χ2v) is 7.18. The van der Waals surface area contributed by atoms with Crippen molar-refractivity contribution in [2.45, 2.75) is 18.9 Å². The van der Waals surface area contributed by atoms with Crippen LogP contribution in [0.4, 0.5) is 23.3 Å². The number of ketones is 2. The molecule has 33 heavy (non-hydrogen) atoms. The lowest BCUT2D eigenvalue weighted by Gasteiger charge is -2.15. The summed E-state index contributed by atoms with van der Waals surface area (Å²) in [6, 6.07) is 9.59. The standard InChI is InChI=1S/C20H15N7O6/c21-19-23-24-20-22-15(9-17(28)11-1-5-13(6-2-11)26(30)31)16(25(19)20)10-18(29)12-3-7-14(8-4-12)27(32)33/h1-8,16H,9-10H2,(H2,21,23). The van der Waals surface area contributed by atoms with Gasteiger partial charge in [0.2, 0.25) is 5.95 Å². The molecule has 13 nitrogen and oxygen atoms in total. The summed E-state index contributed by atoms with van der Waals surface area (Å²) in [4.78, 5) is 50.4. The molecule has 0 fully saturated rings. The molecule has 1 aliphatic heterocycles. The second-order valence-electron chi connectivity index (χ2n) is 7.18. The quantitative estimate of drug-likeness (QED) is 0.306. The molecule has 1 aromatic heterocycles. The zero-order valence-electron chi connectivity index (χ0n) is 16.8. The van der Waals surface area contributed by atoms with Crippen molar-refractivity contribution in [2.75, 3.05) is 5.73 Å². The number of nitro groups is 2. The van der Waals surface area contributed by atoms with Crippen molar-refractivity contribution < 1.29 is 19.4 Å². The number of aromatic nitrogens is 3. The maximum Gasteiger partial charge on any atom is 0.269 e. The zero-order valence-corrected chi connectivity index (χ0v) is 16.8. The lowest BCUT2D eigenvalue weighted by molar-refractivity contribution is -0.385. The predicted octanol–water partition coefficient (Wildman–Crippen LogP) is 2.85. The van der Waals surface area contributed by atoms with Gasteiger partial charge in [-0.2, -0.15) is 0 Å². The Kier molecular flexibility index (Phi) is 5.44. The number of hydrogen-bond donors (Lipinski definition) is 1. The van der Waals surface area contributed by atoms with E-state index >= 15 is 0 Å². The number of carbonyl (C=O) groups excluding carboxylic acids is 2. The number of anilines is 1. The van der Waals surface area contributed by atoms with Crippen LogP contribution < -0.4 is 5.73 Å². The Morgan fingerprint density at radius 1 is 0.879 bits per heavy atom. The van der Waals surface area contributed by atoms with E-state index in [2.05, 4.69) is 15.2 Å². The minimum Gasteiger partial charge on any atom is -0.368 e. The van der Waals surface area contributed by atoms with E-state index in [9.17, 15) is 29.8 Å². The van der Waals surface area contributed by atoms with E-state index in [1.165, 1.54) is 53.1 Å². The molecule has 4 rings (SSSR count). The van der Waals surface area contributed by atoms with E-state index in [1.807, 2.05) is 0 Å². The van der Waals surface area contributed by atoms with E-state index in [-0.39, 0.29) is 58.8 Å². The van der Waals surface area contributed by atoms with Crippen molar-refractivity contribution in [1.82, 2.24) is 14.8 Å². The Labute approximate surface area is 184 Å². The molecule has 166 valence electrons. The van der Waals surface area contributed by atoms with E-state index in [0.29, 0.717) is 5.71 Å². The number of aliphatic imine (C=N–C) groups is 1. The number of benzene rings is 2. The van der Waals surface area contributed by atoms with Crippen LogP contribution in [0.1, 0.15) is 39.6 Å². The molecule has 0 saturated heterocycles. The molecule has 3 aromatic rings. The third-order valence-electron chi connectivity index (χ3n) is 5.16. The van der Waals surface area contributed by atoms with Gasteiger partial charge in [0.25, 0.3) is 17.3 Å². The molecule has 0 spiro atoms. The minimum absolute atomic E-state index is 0.0213. The van der Waals surface area contributed by atoms with E-state index in [4.69, 9.17) is 5.73 Å². The molecule has 2 aromatic carbocycles. The summed E-state index contributed by atoms with van der Waals surface area (Å²) in [5, 5.41) is 29.2. The molecular formula is C20H15N7O6. The Morgan fingerprint density at radius 2 is 1.39 bits per heavy atom. The van der Waals surface area contributed by atoms with Crippen molar-refractivity contribution in [1.29, 1.82) is 0 Å². The van der Waals surface area contributed by atoms with Crippen LogP contribution >= 0.6 is 0 Å². The first-order chi connectivity index (χ1) is 15.7. The molecule has 0 bridgehead atoms. The summed E-state index contributed by atoms with van der Waals surface area (Å²) < 4.78 is 1.45. The van der Waals surface area contributed by atoms with Crippen LogP contribution in [0.2, 0.25) is 0 Å². The molecule has 1 aliphatic rings. The van der Waals surface area contributed by atoms with Crippen LogP contribution in [0.5, 0.6) is 0 Å². The van der Waals surface area contributed by atoms with Gasteiger partial charge in [-0.3, -0.25) is 34.4 Å². The smallest absolute Gasteiger partial charge is 0.269 e. The van der Waals surface area contributed by atoms with Crippen LogP contribution in [0.3, 0.4) is 0 Å². The lowest BCUT2D eigenvalue weighted by atomic mass is 9.96. The molecule has 2 N–H and O–H groups in total. The Balaban J connectivity index is 1.56. The fourth-order valence-electron chi connectivity index (χ4n) is 3.49. The second kappa shape index (κ2) is 8.37. The van der Waals surface area contributed by atoms with E-state index < -0.39 is 15.9 Å². The number of nitrogen functional groups attached to an aromatic ring is 1. The number of Topliss-reactive ketones (excluding diaryl/α,β-unsaturated/α-hetero) is 2. The van der Waals surface area contributed by atoms with Crippen molar-refractivity contribution in [2.24, 2.45) is 4.99 Å². The molecule has 0 aliphatic carbocycles. The maximum atomic E-state index is 12.9. The zero-order chi connectivity index (χ0) is 23.7. The Morgan fingerprint density at radius 3 is 1.91 bits per heavy atom. The number of non-ortho nitro benzene ring substituents is 2. The average molecular weight is 449 g/mol. The number of carbonyl (C=O) groups is 2. The van der Waals surface area contributed by atoms with Crippen LogP contribution in [0.25, 0.3) is 0 Å². The van der Waals surface area contributed by atoms with E-state index in [0.717, 1.165) is 0 Å². The number of nitrogens with zero attached hydrogens (tertiary/aromatic N) is 6. The van der Waals surface area contributed by atoms with Crippen molar-refractivity contribution >= 4 is 40.5 Å². The SMILES string of the molecule is Nc1nnc2n1C(CC(=O)c1ccc([N+](=O)[O-])cc1)C(CC(=O)c1ccc([N+](=O)[O-])cc1)=N2. The van der Waals surface area contributed by atoms with Gasteiger partial charge in [0.15, 0.2) is 11.6 Å². The topological polar surface area (TPSA) is 190 Å². The molecule has 0 amide bonds.